The molecular weight excluding hydrogens is 278 g/mol. The van der Waals surface area contributed by atoms with Crippen molar-refractivity contribution in [2.24, 2.45) is 0 Å². The van der Waals surface area contributed by atoms with E-state index in [0.29, 0.717) is 34.1 Å². The van der Waals surface area contributed by atoms with Crippen molar-refractivity contribution in [3.63, 3.8) is 0 Å². The summed E-state index contributed by atoms with van der Waals surface area (Å²) in [5.41, 5.74) is 7.45. The molecule has 0 saturated carbocycles. The number of benzene rings is 2. The Kier molecular flexibility index (Phi) is 3.50. The van der Waals surface area contributed by atoms with Gasteiger partial charge >= 0.3 is 0 Å². The van der Waals surface area contributed by atoms with Gasteiger partial charge in [0.2, 0.25) is 5.69 Å². The van der Waals surface area contributed by atoms with E-state index >= 15 is 0 Å². The van der Waals surface area contributed by atoms with Crippen molar-refractivity contribution in [3.8, 4) is 17.2 Å². The first kappa shape index (κ1) is 13.7. The van der Waals surface area contributed by atoms with Gasteiger partial charge in [0.1, 0.15) is 17.2 Å². The van der Waals surface area contributed by atoms with E-state index in [4.69, 9.17) is 21.8 Å². The second-order valence-electron chi connectivity index (χ2n) is 4.63. The second-order valence-corrected chi connectivity index (χ2v) is 4.63. The van der Waals surface area contributed by atoms with Crippen LogP contribution in [0.25, 0.3) is 15.7 Å². The zero-order valence-electron chi connectivity index (χ0n) is 11.9. The summed E-state index contributed by atoms with van der Waals surface area (Å²) in [4.78, 5) is 7.73. The van der Waals surface area contributed by atoms with Crippen LogP contribution in [0.2, 0.25) is 0 Å². The van der Waals surface area contributed by atoms with Crippen LogP contribution in [0.5, 0.6) is 17.2 Å². The first-order chi connectivity index (χ1) is 10.7. The molecule has 22 heavy (non-hydrogen) atoms. The Morgan fingerprint density at radius 1 is 1.09 bits per heavy atom. The highest BCUT2D eigenvalue weighted by molar-refractivity contribution is 5.90. The normalized spacial score (nSPS) is 10.2. The van der Waals surface area contributed by atoms with E-state index in [2.05, 4.69) is 9.83 Å². The lowest BCUT2D eigenvalue weighted by atomic mass is 10.1. The van der Waals surface area contributed by atoms with E-state index in [1.807, 2.05) is 0 Å². The fourth-order valence-electron chi connectivity index (χ4n) is 2.14. The van der Waals surface area contributed by atoms with Gasteiger partial charge in [-0.3, -0.25) is 4.98 Å². The van der Waals surface area contributed by atoms with Crippen LogP contribution in [0.15, 0.2) is 48.7 Å². The van der Waals surface area contributed by atoms with Gasteiger partial charge in [0, 0.05) is 17.3 Å². The van der Waals surface area contributed by atoms with E-state index in [-0.39, 0.29) is 0 Å². The number of hydrogen-bond acceptors (Lipinski definition) is 4. The molecule has 5 heteroatoms. The van der Waals surface area contributed by atoms with Crippen molar-refractivity contribution in [2.75, 3.05) is 12.8 Å². The lowest BCUT2D eigenvalue weighted by Crippen LogP contribution is -1.90. The third kappa shape index (κ3) is 2.50. The van der Waals surface area contributed by atoms with E-state index < -0.39 is 0 Å². The zero-order chi connectivity index (χ0) is 15.5. The highest BCUT2D eigenvalue weighted by Gasteiger charge is 2.10. The number of fused-ring (bicyclic) bond motifs is 1. The standard InChI is InChI=1S/C17H13N3O2/c1-19-15-10-14-13(9-17(15)21-2)16(7-8-20-14)22-12-5-3-11(18)4-6-12/h3-10H,18H2,2H3. The maximum absolute atomic E-state index is 7.19. The van der Waals surface area contributed by atoms with E-state index in [1.165, 1.54) is 7.11 Å². The Morgan fingerprint density at radius 2 is 1.86 bits per heavy atom. The van der Waals surface area contributed by atoms with E-state index in [9.17, 15) is 0 Å². The van der Waals surface area contributed by atoms with Gasteiger partial charge in [-0.05, 0) is 42.5 Å². The van der Waals surface area contributed by atoms with Crippen LogP contribution >= 0.6 is 0 Å². The van der Waals surface area contributed by atoms with Crippen LogP contribution in [0.4, 0.5) is 11.4 Å². The number of nitrogen functional groups attached to an aromatic ring is 1. The summed E-state index contributed by atoms with van der Waals surface area (Å²) >= 11 is 0. The minimum Gasteiger partial charge on any atom is -0.508 e. The number of ether oxygens (including phenoxy) is 2. The average molecular weight is 291 g/mol. The van der Waals surface area contributed by atoms with Gasteiger partial charge in [0.25, 0.3) is 0 Å². The quantitative estimate of drug-likeness (QED) is 0.581. The number of anilines is 1. The molecule has 3 rings (SSSR count). The smallest absolute Gasteiger partial charge is 0.230 e. The van der Waals surface area contributed by atoms with E-state index in [1.54, 1.807) is 48.7 Å². The molecule has 0 radical (unpaired) electrons. The molecule has 108 valence electrons. The van der Waals surface area contributed by atoms with Crippen molar-refractivity contribution in [2.45, 2.75) is 0 Å². The van der Waals surface area contributed by atoms with Gasteiger partial charge in [0.15, 0.2) is 0 Å². The fourth-order valence-corrected chi connectivity index (χ4v) is 2.14. The average Bonchev–Trinajstić information content (AvgIpc) is 2.56. The number of nitrogens with two attached hydrogens (primary N) is 1. The summed E-state index contributed by atoms with van der Waals surface area (Å²) in [7, 11) is 1.53. The third-order valence-corrected chi connectivity index (χ3v) is 3.23. The number of rotatable bonds is 3. The predicted octanol–water partition coefficient (Wildman–Crippen LogP) is 4.17. The summed E-state index contributed by atoms with van der Waals surface area (Å²) in [6.07, 6.45) is 1.65. The van der Waals surface area contributed by atoms with Crippen molar-refractivity contribution < 1.29 is 9.47 Å². The number of nitrogens with zero attached hydrogens (tertiary/aromatic N) is 2. The van der Waals surface area contributed by atoms with Crippen LogP contribution < -0.4 is 15.2 Å². The fraction of sp³-hybridized carbons (Fsp3) is 0.0588. The highest BCUT2D eigenvalue weighted by Crippen LogP contribution is 2.37. The van der Waals surface area contributed by atoms with Crippen molar-refractivity contribution in [1.29, 1.82) is 0 Å². The number of hydrogen-bond donors (Lipinski definition) is 1. The summed E-state index contributed by atoms with van der Waals surface area (Å²) in [5, 5.41) is 0.781. The Bertz CT molecular complexity index is 867. The predicted molar refractivity (Wildman–Crippen MR) is 85.5 cm³/mol. The topological polar surface area (TPSA) is 61.7 Å². The monoisotopic (exact) mass is 291 g/mol. The van der Waals surface area contributed by atoms with Gasteiger partial charge in [-0.1, -0.05) is 0 Å². The Balaban J connectivity index is 2.10. The molecule has 0 saturated heterocycles. The molecule has 5 nitrogen and oxygen atoms in total. The molecule has 0 amide bonds. The lowest BCUT2D eigenvalue weighted by molar-refractivity contribution is 0.417. The summed E-state index contributed by atoms with van der Waals surface area (Å²) in [6.45, 7) is 7.19. The van der Waals surface area contributed by atoms with E-state index in [0.717, 1.165) is 5.39 Å². The molecule has 0 bridgehead atoms. The van der Waals surface area contributed by atoms with Gasteiger partial charge in [-0.25, -0.2) is 4.85 Å². The molecule has 1 aromatic heterocycles. The number of aromatic nitrogens is 1. The number of methoxy groups -OCH3 is 1. The first-order valence-electron chi connectivity index (χ1n) is 6.59. The maximum atomic E-state index is 7.19. The van der Waals surface area contributed by atoms with Gasteiger partial charge in [-0.15, -0.1) is 0 Å². The summed E-state index contributed by atoms with van der Waals surface area (Å²) in [6, 6.07) is 12.4. The Morgan fingerprint density at radius 3 is 2.55 bits per heavy atom. The van der Waals surface area contributed by atoms with Crippen molar-refractivity contribution in [1.82, 2.24) is 4.98 Å². The number of pyridine rings is 1. The molecule has 0 unspecified atom stereocenters. The van der Waals surface area contributed by atoms with Crippen LogP contribution in [-0.4, -0.2) is 12.1 Å². The molecule has 0 aliphatic carbocycles. The molecule has 0 fully saturated rings. The molecule has 0 aliphatic heterocycles. The molecule has 1 heterocycles. The third-order valence-electron chi connectivity index (χ3n) is 3.23. The molecule has 3 aromatic rings. The van der Waals surface area contributed by atoms with Crippen LogP contribution in [0.3, 0.4) is 0 Å². The molecule has 0 spiro atoms. The summed E-state index contributed by atoms with van der Waals surface area (Å²) in [5.74, 6) is 1.82. The molecular formula is C17H13N3O2. The van der Waals surface area contributed by atoms with Crippen LogP contribution in [0, 0.1) is 6.57 Å². The van der Waals surface area contributed by atoms with Gasteiger partial charge in [0.05, 0.1) is 19.2 Å². The van der Waals surface area contributed by atoms with Gasteiger partial charge < -0.3 is 15.2 Å². The minimum absolute atomic E-state index is 0.423. The molecule has 2 aromatic carbocycles. The Labute approximate surface area is 127 Å². The molecule has 2 N–H and O–H groups in total. The van der Waals surface area contributed by atoms with Gasteiger partial charge in [-0.2, -0.15) is 0 Å². The Hall–Kier alpha value is -3.26. The first-order valence-corrected chi connectivity index (χ1v) is 6.59. The second kappa shape index (κ2) is 5.62. The highest BCUT2D eigenvalue weighted by atomic mass is 16.5. The summed E-state index contributed by atoms with van der Waals surface area (Å²) < 4.78 is 11.1. The van der Waals surface area contributed by atoms with Crippen LogP contribution in [0.1, 0.15) is 0 Å². The zero-order valence-corrected chi connectivity index (χ0v) is 11.9. The lowest BCUT2D eigenvalue weighted by Gasteiger charge is -2.11. The minimum atomic E-state index is 0.423. The largest absolute Gasteiger partial charge is 0.508 e. The molecule has 0 aliphatic rings. The van der Waals surface area contributed by atoms with Crippen LogP contribution in [-0.2, 0) is 0 Å². The maximum Gasteiger partial charge on any atom is 0.230 e. The van der Waals surface area contributed by atoms with Crippen molar-refractivity contribution in [3.05, 3.63) is 60.1 Å². The van der Waals surface area contributed by atoms with Crippen molar-refractivity contribution >= 4 is 22.3 Å². The molecule has 0 atom stereocenters. The SMILES string of the molecule is [C-]#[N+]c1cc2nccc(Oc3ccc(N)cc3)c2cc1OC.